The number of benzene rings is 3. The van der Waals surface area contributed by atoms with Gasteiger partial charge in [-0.3, -0.25) is 9.97 Å². The van der Waals surface area contributed by atoms with E-state index in [-0.39, 0.29) is 40.9 Å². The van der Waals surface area contributed by atoms with Crippen molar-refractivity contribution in [3.63, 3.8) is 0 Å². The monoisotopic (exact) mass is 1150 g/mol. The summed E-state index contributed by atoms with van der Waals surface area (Å²) in [5.41, 5.74) is 9.73. The van der Waals surface area contributed by atoms with E-state index < -0.39 is 16.6 Å². The van der Waals surface area contributed by atoms with Gasteiger partial charge >= 0.3 is 12.2 Å². The largest absolute Gasteiger partial charge is 0.444 e. The van der Waals surface area contributed by atoms with E-state index in [1.807, 2.05) is 95.0 Å². The maximum absolute atomic E-state index is 13.3. The van der Waals surface area contributed by atoms with Crippen molar-refractivity contribution in [3.05, 3.63) is 168 Å². The number of pyridine rings is 2. The van der Waals surface area contributed by atoms with Gasteiger partial charge in [-0.25, -0.2) is 9.59 Å². The fourth-order valence-electron chi connectivity index (χ4n) is 12.3. The van der Waals surface area contributed by atoms with Crippen molar-refractivity contribution in [3.8, 4) is 22.9 Å². The first-order chi connectivity index (χ1) is 40.9. The highest BCUT2D eigenvalue weighted by Gasteiger charge is 2.54. The zero-order valence-corrected chi connectivity index (χ0v) is 49.8. The van der Waals surface area contributed by atoms with Gasteiger partial charge in [0.1, 0.15) is 17.0 Å². The molecule has 0 spiro atoms. The third kappa shape index (κ3) is 13.8. The summed E-state index contributed by atoms with van der Waals surface area (Å²) in [5.74, 6) is 4.03. The molecule has 446 valence electrons. The van der Waals surface area contributed by atoms with E-state index >= 15 is 0 Å². The van der Waals surface area contributed by atoms with Crippen molar-refractivity contribution in [1.29, 1.82) is 0 Å². The Morgan fingerprint density at radius 2 is 1.04 bits per heavy atom. The number of aromatic nitrogens is 6. The molecule has 7 aromatic rings. The standard InChI is InChI=1S/C26H30N4O3.C21H22N4O.C20H29N3O3/c1-25(2,3)32-24(31)30(21-15-20(21)18-9-5-4-6-10-18)17-26(12-8-13-26)23-28-22(33-29-23)19-11-7-14-27-16-19;1-2-6-15(7-3-1)17-12-18(17)23-14-21(9-5-10-21)20-24-19(26-25-20)16-8-4-11-22-13-16;1-19(2,3)26-18(24)23(13-20(10-7-11-20)17(21)22-25)16-12-15(16)14-8-5-4-6-9-14/h4-7,9-11,14,16,20-21H,8,12-13,15,17H2,1-3H3;1-4,6-8,11,13,17-18,23H,5,9-10,12,14H2;4-6,8-9,15-16,25H,7,10-13H2,1-3H3,(H2,21,22)/t20?,21-;17?,18-;15?,16-/m000/s1. The molecule has 6 saturated carbocycles. The lowest BCUT2D eigenvalue weighted by Gasteiger charge is -2.44. The summed E-state index contributed by atoms with van der Waals surface area (Å²) >= 11 is 0. The van der Waals surface area contributed by atoms with Gasteiger partial charge in [0.25, 0.3) is 11.8 Å². The van der Waals surface area contributed by atoms with Crippen molar-refractivity contribution >= 4 is 18.0 Å². The number of oxime groups is 1. The molecular weight excluding hydrogens is 1070 g/mol. The number of nitrogens with zero attached hydrogens (tertiary/aromatic N) is 9. The van der Waals surface area contributed by atoms with Crippen LogP contribution in [0.4, 0.5) is 9.59 Å². The summed E-state index contributed by atoms with van der Waals surface area (Å²) in [5, 5.41) is 24.8. The van der Waals surface area contributed by atoms with Gasteiger partial charge in [-0.1, -0.05) is 126 Å². The number of amides is 2. The Labute approximate surface area is 498 Å². The molecule has 0 radical (unpaired) electrons. The molecule has 6 fully saturated rings. The van der Waals surface area contributed by atoms with Gasteiger partial charge in [0.15, 0.2) is 11.6 Å². The Morgan fingerprint density at radius 3 is 1.42 bits per heavy atom. The summed E-state index contributed by atoms with van der Waals surface area (Å²) in [6.45, 7) is 13.2. The van der Waals surface area contributed by atoms with E-state index in [4.69, 9.17) is 34.2 Å². The van der Waals surface area contributed by atoms with Crippen molar-refractivity contribution < 1.29 is 33.3 Å². The van der Waals surface area contributed by atoms with Crippen molar-refractivity contribution in [2.75, 3.05) is 19.6 Å². The zero-order chi connectivity index (χ0) is 59.4. The smallest absolute Gasteiger partial charge is 0.410 e. The predicted molar refractivity (Wildman–Crippen MR) is 322 cm³/mol. The minimum atomic E-state index is -0.560. The molecule has 6 aliphatic carbocycles. The minimum absolute atomic E-state index is 0.0216. The lowest BCUT2D eigenvalue weighted by molar-refractivity contribution is 0.0110. The number of hydrogen-bond acceptors (Lipinski definition) is 15. The summed E-state index contributed by atoms with van der Waals surface area (Å²) in [4.78, 5) is 47.6. The molecule has 85 heavy (non-hydrogen) atoms. The Hall–Kier alpha value is -7.99. The molecule has 4 heterocycles. The van der Waals surface area contributed by atoms with Gasteiger partial charge in [0.2, 0.25) is 0 Å². The molecule has 6 aliphatic rings. The van der Waals surface area contributed by atoms with Gasteiger partial charge in [0, 0.05) is 91.1 Å². The molecular formula is C67H81N11O7. The highest BCUT2D eigenvalue weighted by Crippen LogP contribution is 2.52. The topological polar surface area (TPSA) is 233 Å². The first kappa shape index (κ1) is 58.8. The fraction of sp³-hybridized carbons (Fsp3) is 0.478. The van der Waals surface area contributed by atoms with Gasteiger partial charge in [0.05, 0.1) is 16.5 Å². The highest BCUT2D eigenvalue weighted by molar-refractivity contribution is 5.87. The van der Waals surface area contributed by atoms with Crippen LogP contribution in [-0.2, 0) is 20.3 Å². The number of ether oxygens (including phenoxy) is 2. The lowest BCUT2D eigenvalue weighted by Crippen LogP contribution is -2.53. The van der Waals surface area contributed by atoms with Gasteiger partial charge in [-0.2, -0.15) is 9.97 Å². The quantitative estimate of drug-likeness (QED) is 0.0333. The van der Waals surface area contributed by atoms with Crippen LogP contribution < -0.4 is 11.1 Å². The maximum atomic E-state index is 13.3. The van der Waals surface area contributed by atoms with Crippen molar-refractivity contribution in [2.45, 2.75) is 177 Å². The molecule has 3 aromatic carbocycles. The molecule has 6 atom stereocenters. The molecule has 4 N–H and O–H groups in total. The summed E-state index contributed by atoms with van der Waals surface area (Å²) in [6, 6.07) is 39.8. The van der Waals surface area contributed by atoms with Crippen molar-refractivity contribution in [2.24, 2.45) is 16.3 Å². The van der Waals surface area contributed by atoms with E-state index in [2.05, 4.69) is 97.5 Å². The van der Waals surface area contributed by atoms with Crippen LogP contribution in [0.2, 0.25) is 0 Å². The zero-order valence-electron chi connectivity index (χ0n) is 49.8. The third-order valence-electron chi connectivity index (χ3n) is 17.9. The van der Waals surface area contributed by atoms with Crippen LogP contribution in [0, 0.1) is 5.41 Å². The van der Waals surface area contributed by atoms with E-state index in [9.17, 15) is 14.8 Å². The molecule has 0 bridgehead atoms. The lowest BCUT2D eigenvalue weighted by atomic mass is 9.67. The normalized spacial score (nSPS) is 22.9. The predicted octanol–water partition coefficient (Wildman–Crippen LogP) is 12.7. The van der Waals surface area contributed by atoms with Crippen LogP contribution in [0.3, 0.4) is 0 Å². The van der Waals surface area contributed by atoms with Crippen LogP contribution in [0.15, 0.2) is 154 Å². The van der Waals surface area contributed by atoms with Crippen LogP contribution in [-0.4, -0.2) is 112 Å². The van der Waals surface area contributed by atoms with Crippen LogP contribution in [0.5, 0.6) is 0 Å². The Balaban J connectivity index is 0.000000134. The van der Waals surface area contributed by atoms with Crippen LogP contribution >= 0.6 is 0 Å². The average molecular weight is 1150 g/mol. The molecule has 0 saturated heterocycles. The van der Waals surface area contributed by atoms with Gasteiger partial charge < -0.3 is 44.6 Å². The summed E-state index contributed by atoms with van der Waals surface area (Å²) in [6.07, 6.45) is 18.5. The fourth-order valence-corrected chi connectivity index (χ4v) is 12.3. The van der Waals surface area contributed by atoms with Gasteiger partial charge in [-0.15, -0.1) is 0 Å². The molecule has 0 aliphatic heterocycles. The second-order valence-corrected chi connectivity index (χ2v) is 26.3. The molecule has 18 nitrogen and oxygen atoms in total. The van der Waals surface area contributed by atoms with E-state index in [0.717, 1.165) is 87.7 Å². The van der Waals surface area contributed by atoms with E-state index in [1.165, 1.54) is 29.5 Å². The first-order valence-electron chi connectivity index (χ1n) is 30.3. The minimum Gasteiger partial charge on any atom is -0.444 e. The third-order valence-corrected chi connectivity index (χ3v) is 17.9. The maximum Gasteiger partial charge on any atom is 0.410 e. The van der Waals surface area contributed by atoms with E-state index in [0.29, 0.717) is 54.5 Å². The Bertz CT molecular complexity index is 3360. The number of nitrogens with one attached hydrogen (secondary N) is 1. The Kier molecular flexibility index (Phi) is 17.0. The molecule has 2 amide bonds. The van der Waals surface area contributed by atoms with Gasteiger partial charge in [-0.05, 0) is 140 Å². The number of amidine groups is 1. The number of carbonyl (C=O) groups is 2. The van der Waals surface area contributed by atoms with Crippen LogP contribution in [0.25, 0.3) is 22.9 Å². The second-order valence-electron chi connectivity index (χ2n) is 26.3. The molecule has 4 aromatic heterocycles. The van der Waals surface area contributed by atoms with Crippen LogP contribution in [0.1, 0.15) is 165 Å². The van der Waals surface area contributed by atoms with E-state index in [1.54, 1.807) is 29.7 Å². The summed E-state index contributed by atoms with van der Waals surface area (Å²) in [7, 11) is 0. The number of hydrogen-bond donors (Lipinski definition) is 3. The summed E-state index contributed by atoms with van der Waals surface area (Å²) < 4.78 is 22.6. The Morgan fingerprint density at radius 1 is 0.600 bits per heavy atom. The molecule has 18 heteroatoms. The highest BCUT2D eigenvalue weighted by atomic mass is 16.6. The molecule has 3 unspecified atom stereocenters. The second kappa shape index (κ2) is 24.5. The molecule has 13 rings (SSSR count). The number of carbonyl (C=O) groups excluding carboxylic acids is 2. The first-order valence-corrected chi connectivity index (χ1v) is 30.3. The number of rotatable bonds is 17. The SMILES string of the molecule is CC(C)(C)OC(=O)N(CC1(C(N)=NO)CCC1)[C@H]1CC1c1ccccc1.CC(C)(C)OC(=O)N(CC1(c2noc(-c3cccnc3)n2)CCC1)[C@H]1CC1c1ccccc1.c1ccc(C2C[C@@H]2NCC2(c3noc(-c4cccnc4)n3)CCC2)cc1. The van der Waals surface area contributed by atoms with Crippen molar-refractivity contribution in [1.82, 2.24) is 45.4 Å². The number of nitrogens with two attached hydrogens (primary N) is 1. The average Bonchev–Trinajstić information content (AvgIpc) is 2.22.